The van der Waals surface area contributed by atoms with Crippen molar-refractivity contribution in [3.05, 3.63) is 10.4 Å². The van der Waals surface area contributed by atoms with Crippen LogP contribution in [0.15, 0.2) is 4.60 Å². The molecule has 0 aliphatic carbocycles. The molecule has 2 rings (SSSR count). The van der Waals surface area contributed by atoms with Crippen LogP contribution in [-0.4, -0.2) is 15.0 Å². The molecule has 0 fully saturated rings. The lowest BCUT2D eigenvalue weighted by molar-refractivity contribution is 1.06. The highest BCUT2D eigenvalue weighted by molar-refractivity contribution is 9.10. The maximum absolute atomic E-state index is 5.53. The van der Waals surface area contributed by atoms with E-state index in [0.717, 1.165) is 9.30 Å². The number of halogens is 1. The van der Waals surface area contributed by atoms with Crippen LogP contribution in [0, 0.1) is 6.92 Å². The molecule has 0 unspecified atom stereocenters. The Kier molecular flexibility index (Phi) is 1.73. The smallest absolute Gasteiger partial charge is 0.182 e. The van der Waals surface area contributed by atoms with Crippen molar-refractivity contribution in [3.8, 4) is 0 Å². The minimum Gasteiger partial charge on any atom is -0.375 e. The van der Waals surface area contributed by atoms with Gasteiger partial charge in [0.1, 0.15) is 15.1 Å². The van der Waals surface area contributed by atoms with E-state index in [9.17, 15) is 0 Å². The predicted octanol–water partition coefficient (Wildman–Crippen LogP) is 1.74. The van der Waals surface area contributed by atoms with Crippen molar-refractivity contribution < 1.29 is 0 Å². The molecule has 0 saturated carbocycles. The van der Waals surface area contributed by atoms with Crippen LogP contribution in [0.1, 0.15) is 5.82 Å². The highest BCUT2D eigenvalue weighted by Crippen LogP contribution is 2.27. The minimum absolute atomic E-state index is 0.519. The lowest BCUT2D eigenvalue weighted by Gasteiger charge is -1.92. The molecule has 2 heterocycles. The summed E-state index contributed by atoms with van der Waals surface area (Å²) in [7, 11) is 0. The fourth-order valence-electron chi connectivity index (χ4n) is 0.909. The van der Waals surface area contributed by atoms with E-state index in [0.29, 0.717) is 16.6 Å². The van der Waals surface area contributed by atoms with Gasteiger partial charge < -0.3 is 5.73 Å². The van der Waals surface area contributed by atoms with Crippen LogP contribution in [0.4, 0.5) is 5.13 Å². The summed E-state index contributed by atoms with van der Waals surface area (Å²) in [6.45, 7) is 1.82. The molecule has 0 bridgehead atoms. The summed E-state index contributed by atoms with van der Waals surface area (Å²) in [5.41, 5.74) is 6.19. The van der Waals surface area contributed by atoms with E-state index in [2.05, 4.69) is 30.9 Å². The Balaban J connectivity index is 2.88. The van der Waals surface area contributed by atoms with Gasteiger partial charge in [-0.3, -0.25) is 0 Å². The summed E-state index contributed by atoms with van der Waals surface area (Å²) in [6, 6.07) is 0. The van der Waals surface area contributed by atoms with Crippen molar-refractivity contribution >= 4 is 42.7 Å². The van der Waals surface area contributed by atoms with E-state index in [-0.39, 0.29) is 0 Å². The van der Waals surface area contributed by atoms with Crippen LogP contribution in [0.3, 0.4) is 0 Å². The van der Waals surface area contributed by atoms with E-state index in [1.54, 1.807) is 0 Å². The van der Waals surface area contributed by atoms with Gasteiger partial charge in [-0.05, 0) is 22.9 Å². The number of nitrogen functional groups attached to an aromatic ring is 1. The molecule has 2 N–H and O–H groups in total. The molecule has 0 saturated heterocycles. The number of hydrogen-bond acceptors (Lipinski definition) is 5. The first-order valence-corrected chi connectivity index (χ1v) is 4.84. The lowest BCUT2D eigenvalue weighted by Crippen LogP contribution is -1.88. The van der Waals surface area contributed by atoms with Crippen LogP contribution in [0.5, 0.6) is 0 Å². The fourth-order valence-corrected chi connectivity index (χ4v) is 2.24. The van der Waals surface area contributed by atoms with E-state index >= 15 is 0 Å². The van der Waals surface area contributed by atoms with Gasteiger partial charge in [0, 0.05) is 0 Å². The largest absolute Gasteiger partial charge is 0.375 e. The number of nitrogens with two attached hydrogens (primary N) is 1. The standard InChI is InChI=1S/C6H5BrN4S/c1-2-9-4(7)3-5(10-2)11-6(8)12-3/h1H3,(H2,8,9,10,11). The van der Waals surface area contributed by atoms with Crippen LogP contribution in [-0.2, 0) is 0 Å². The number of hydrogen-bond donors (Lipinski definition) is 1. The Morgan fingerprint density at radius 1 is 1.33 bits per heavy atom. The van der Waals surface area contributed by atoms with E-state index < -0.39 is 0 Å². The molecule has 0 aliphatic rings. The Morgan fingerprint density at radius 2 is 2.08 bits per heavy atom. The molecule has 0 spiro atoms. The highest BCUT2D eigenvalue weighted by Gasteiger charge is 2.07. The average Bonchev–Trinajstić information content (AvgIpc) is 2.29. The van der Waals surface area contributed by atoms with Crippen molar-refractivity contribution in [3.63, 3.8) is 0 Å². The number of aryl methyl sites for hydroxylation is 1. The van der Waals surface area contributed by atoms with Gasteiger partial charge in [-0.15, -0.1) is 0 Å². The second-order valence-electron chi connectivity index (χ2n) is 2.27. The third-order valence-electron chi connectivity index (χ3n) is 1.34. The second-order valence-corrected chi connectivity index (χ2v) is 4.05. The van der Waals surface area contributed by atoms with Gasteiger partial charge in [0.05, 0.1) is 0 Å². The molecule has 2 aromatic heterocycles. The lowest BCUT2D eigenvalue weighted by atomic mass is 10.6. The monoisotopic (exact) mass is 244 g/mol. The summed E-state index contributed by atoms with van der Waals surface area (Å²) < 4.78 is 1.66. The van der Waals surface area contributed by atoms with Crippen LogP contribution < -0.4 is 5.73 Å². The predicted molar refractivity (Wildman–Crippen MR) is 52.1 cm³/mol. The van der Waals surface area contributed by atoms with Gasteiger partial charge in [-0.25, -0.2) is 15.0 Å². The first-order chi connectivity index (χ1) is 5.66. The summed E-state index contributed by atoms with van der Waals surface area (Å²) in [4.78, 5) is 12.3. The van der Waals surface area contributed by atoms with Gasteiger partial charge in [0.2, 0.25) is 0 Å². The SMILES string of the molecule is Cc1nc(Br)c2sc(N)nc2n1. The number of rotatable bonds is 0. The maximum atomic E-state index is 5.53. The normalized spacial score (nSPS) is 10.8. The van der Waals surface area contributed by atoms with Crippen molar-refractivity contribution in [2.75, 3.05) is 5.73 Å². The number of thiazole rings is 1. The highest BCUT2D eigenvalue weighted by atomic mass is 79.9. The molecule has 0 radical (unpaired) electrons. The van der Waals surface area contributed by atoms with Crippen molar-refractivity contribution in [2.45, 2.75) is 6.92 Å². The molecule has 6 heteroatoms. The number of anilines is 1. The second kappa shape index (κ2) is 2.63. The summed E-state index contributed by atoms with van der Waals surface area (Å²) in [5, 5.41) is 0.519. The first kappa shape index (κ1) is 7.88. The average molecular weight is 245 g/mol. The third kappa shape index (κ3) is 1.16. The Hall–Kier alpha value is -0.750. The molecule has 4 nitrogen and oxygen atoms in total. The quantitative estimate of drug-likeness (QED) is 0.718. The van der Waals surface area contributed by atoms with Gasteiger partial charge in [-0.1, -0.05) is 11.3 Å². The van der Waals surface area contributed by atoms with E-state index in [4.69, 9.17) is 5.73 Å². The van der Waals surface area contributed by atoms with Gasteiger partial charge in [-0.2, -0.15) is 0 Å². The zero-order valence-corrected chi connectivity index (χ0v) is 8.61. The molecule has 0 amide bonds. The summed E-state index contributed by atoms with van der Waals surface area (Å²) >= 11 is 4.71. The Bertz CT molecular complexity index is 438. The van der Waals surface area contributed by atoms with E-state index in [1.807, 2.05) is 6.92 Å². The molecule has 0 aromatic carbocycles. The zero-order valence-electron chi connectivity index (χ0n) is 6.21. The Labute approximate surface area is 81.0 Å². The number of aromatic nitrogens is 3. The molecular weight excluding hydrogens is 240 g/mol. The molecule has 0 aliphatic heterocycles. The van der Waals surface area contributed by atoms with Gasteiger partial charge in [0.15, 0.2) is 10.8 Å². The minimum atomic E-state index is 0.519. The molecule has 12 heavy (non-hydrogen) atoms. The third-order valence-corrected chi connectivity index (χ3v) is 3.06. The fraction of sp³-hybridized carbons (Fsp3) is 0.167. The first-order valence-electron chi connectivity index (χ1n) is 3.23. The number of fused-ring (bicyclic) bond motifs is 1. The zero-order chi connectivity index (χ0) is 8.72. The van der Waals surface area contributed by atoms with Crippen molar-refractivity contribution in [1.29, 1.82) is 0 Å². The molecule has 0 atom stereocenters. The van der Waals surface area contributed by atoms with Crippen LogP contribution in [0.2, 0.25) is 0 Å². The summed E-state index contributed by atoms with van der Waals surface area (Å²) in [6.07, 6.45) is 0. The molecular formula is C6H5BrN4S. The topological polar surface area (TPSA) is 64.7 Å². The Morgan fingerprint density at radius 3 is 2.83 bits per heavy atom. The summed E-state index contributed by atoms with van der Waals surface area (Å²) in [5.74, 6) is 0.694. The molecule has 62 valence electrons. The number of nitrogens with zero attached hydrogens (tertiary/aromatic N) is 3. The van der Waals surface area contributed by atoms with Gasteiger partial charge in [0.25, 0.3) is 0 Å². The van der Waals surface area contributed by atoms with Crippen molar-refractivity contribution in [2.24, 2.45) is 0 Å². The van der Waals surface area contributed by atoms with Gasteiger partial charge >= 0.3 is 0 Å². The van der Waals surface area contributed by atoms with E-state index in [1.165, 1.54) is 11.3 Å². The molecule has 2 aromatic rings. The van der Waals surface area contributed by atoms with Crippen LogP contribution >= 0.6 is 27.3 Å². The van der Waals surface area contributed by atoms with Crippen molar-refractivity contribution in [1.82, 2.24) is 15.0 Å². The van der Waals surface area contributed by atoms with Crippen LogP contribution in [0.25, 0.3) is 10.3 Å². The maximum Gasteiger partial charge on any atom is 0.182 e.